The van der Waals surface area contributed by atoms with E-state index < -0.39 is 16.1 Å². The quantitative estimate of drug-likeness (QED) is 0.365. The van der Waals surface area contributed by atoms with Gasteiger partial charge in [-0.2, -0.15) is 0 Å². The number of para-hydroxylation sites is 1. The highest BCUT2D eigenvalue weighted by Crippen LogP contribution is 2.45. The molecule has 4 aromatic rings. The number of carbonyl (C=O) groups is 2. The third-order valence-corrected chi connectivity index (χ3v) is 7.31. The number of fused-ring (bicyclic) bond motifs is 1. The lowest BCUT2D eigenvalue weighted by Crippen LogP contribution is -2.37. The van der Waals surface area contributed by atoms with Crippen LogP contribution >= 0.6 is 10.0 Å². The van der Waals surface area contributed by atoms with Gasteiger partial charge < -0.3 is 19.9 Å². The molecule has 0 aliphatic rings. The van der Waals surface area contributed by atoms with E-state index in [-0.39, 0.29) is 18.2 Å². The summed E-state index contributed by atoms with van der Waals surface area (Å²) in [6.45, 7) is 0. The predicted molar refractivity (Wildman–Crippen MR) is 140 cm³/mol. The Morgan fingerprint density at radius 2 is 1.66 bits per heavy atom. The SMILES string of the molecule is COc1ccc(C(NC(=O)Cc2noc3ccccc23)C(=O)Nc2ccc(S(C)(C)C)cc2)cc1. The van der Waals surface area contributed by atoms with Crippen LogP contribution in [0.4, 0.5) is 5.69 Å². The number of amides is 2. The smallest absolute Gasteiger partial charge is 0.251 e. The molecule has 1 heterocycles. The second-order valence-corrected chi connectivity index (χ2v) is 13.1. The molecular weight excluding hydrogens is 462 g/mol. The molecule has 1 atom stereocenters. The first-order valence-electron chi connectivity index (χ1n) is 11.1. The van der Waals surface area contributed by atoms with Crippen molar-refractivity contribution in [3.05, 3.63) is 84.1 Å². The second-order valence-electron chi connectivity index (χ2n) is 8.93. The van der Waals surface area contributed by atoms with Crippen LogP contribution in [0.2, 0.25) is 0 Å². The molecule has 0 saturated carbocycles. The van der Waals surface area contributed by atoms with Gasteiger partial charge in [-0.05, 0) is 77.8 Å². The summed E-state index contributed by atoms with van der Waals surface area (Å²) in [5.41, 5.74) is 2.43. The molecule has 0 aliphatic carbocycles. The summed E-state index contributed by atoms with van der Waals surface area (Å²) in [5, 5.41) is 10.6. The Labute approximate surface area is 206 Å². The Morgan fingerprint density at radius 3 is 2.31 bits per heavy atom. The fraction of sp³-hybridized carbons (Fsp3) is 0.222. The molecule has 0 radical (unpaired) electrons. The largest absolute Gasteiger partial charge is 0.497 e. The lowest BCUT2D eigenvalue weighted by atomic mass is 10.0. The van der Waals surface area contributed by atoms with E-state index >= 15 is 0 Å². The molecule has 0 bridgehead atoms. The number of aromatic nitrogens is 1. The van der Waals surface area contributed by atoms with Crippen molar-refractivity contribution in [3.8, 4) is 5.75 Å². The summed E-state index contributed by atoms with van der Waals surface area (Å²) in [4.78, 5) is 27.5. The minimum absolute atomic E-state index is 0.0139. The van der Waals surface area contributed by atoms with Gasteiger partial charge in [0.1, 0.15) is 17.5 Å². The molecule has 0 spiro atoms. The molecule has 0 aliphatic heterocycles. The van der Waals surface area contributed by atoms with E-state index in [1.807, 2.05) is 42.5 Å². The summed E-state index contributed by atoms with van der Waals surface area (Å²) >= 11 is 0. The van der Waals surface area contributed by atoms with E-state index in [9.17, 15) is 9.59 Å². The number of carbonyl (C=O) groups excluding carboxylic acids is 2. The van der Waals surface area contributed by atoms with Gasteiger partial charge in [0.2, 0.25) is 5.91 Å². The average Bonchev–Trinajstić information content (AvgIpc) is 3.25. The second kappa shape index (κ2) is 10.2. The zero-order valence-electron chi connectivity index (χ0n) is 20.2. The van der Waals surface area contributed by atoms with E-state index in [1.165, 1.54) is 4.90 Å². The number of rotatable bonds is 8. The number of ether oxygens (including phenoxy) is 1. The highest BCUT2D eigenvalue weighted by atomic mass is 32.3. The van der Waals surface area contributed by atoms with Crippen LogP contribution in [0, 0.1) is 0 Å². The zero-order chi connectivity index (χ0) is 25.0. The van der Waals surface area contributed by atoms with Gasteiger partial charge in [-0.25, -0.2) is 10.0 Å². The van der Waals surface area contributed by atoms with E-state index in [2.05, 4.69) is 34.6 Å². The Kier molecular flexibility index (Phi) is 7.12. The maximum Gasteiger partial charge on any atom is 0.251 e. The maximum absolute atomic E-state index is 13.3. The van der Waals surface area contributed by atoms with Gasteiger partial charge in [-0.15, -0.1) is 0 Å². The first-order valence-corrected chi connectivity index (χ1v) is 14.0. The van der Waals surface area contributed by atoms with Gasteiger partial charge in [0.05, 0.1) is 13.5 Å². The Morgan fingerprint density at radius 1 is 0.971 bits per heavy atom. The van der Waals surface area contributed by atoms with Gasteiger partial charge in [0, 0.05) is 11.1 Å². The number of hydrogen-bond acceptors (Lipinski definition) is 5. The van der Waals surface area contributed by atoms with Crippen LogP contribution in [0.5, 0.6) is 5.75 Å². The summed E-state index contributed by atoms with van der Waals surface area (Å²) in [6.07, 6.45) is 6.63. The fourth-order valence-corrected chi connectivity index (χ4v) is 4.64. The van der Waals surface area contributed by atoms with Crippen molar-refractivity contribution in [1.82, 2.24) is 10.5 Å². The summed E-state index contributed by atoms with van der Waals surface area (Å²) < 4.78 is 10.5. The number of benzene rings is 3. The Bertz CT molecular complexity index is 1330. The van der Waals surface area contributed by atoms with Gasteiger partial charge in [-0.1, -0.05) is 29.4 Å². The Balaban J connectivity index is 1.54. The van der Waals surface area contributed by atoms with E-state index in [0.717, 1.165) is 5.39 Å². The number of methoxy groups -OCH3 is 1. The van der Waals surface area contributed by atoms with Gasteiger partial charge >= 0.3 is 0 Å². The highest BCUT2D eigenvalue weighted by Gasteiger charge is 2.24. The molecule has 182 valence electrons. The summed E-state index contributed by atoms with van der Waals surface area (Å²) in [5.74, 6) is -0.0235. The molecule has 2 amide bonds. The van der Waals surface area contributed by atoms with E-state index in [0.29, 0.717) is 28.3 Å². The zero-order valence-corrected chi connectivity index (χ0v) is 21.0. The fourth-order valence-electron chi connectivity index (χ4n) is 3.69. The molecule has 35 heavy (non-hydrogen) atoms. The van der Waals surface area contributed by atoms with Crippen molar-refractivity contribution >= 4 is 38.5 Å². The third-order valence-electron chi connectivity index (χ3n) is 5.63. The molecular formula is C27H29N3O4S. The molecule has 1 unspecified atom stereocenters. The summed E-state index contributed by atoms with van der Waals surface area (Å²) in [6, 6.07) is 21.3. The lowest BCUT2D eigenvalue weighted by molar-refractivity contribution is -0.126. The van der Waals surface area contributed by atoms with E-state index in [4.69, 9.17) is 9.26 Å². The van der Waals surface area contributed by atoms with Crippen LogP contribution in [0.25, 0.3) is 11.0 Å². The van der Waals surface area contributed by atoms with Crippen LogP contribution in [0.1, 0.15) is 17.3 Å². The number of anilines is 1. The predicted octanol–water partition coefficient (Wildman–Crippen LogP) is 4.93. The van der Waals surface area contributed by atoms with Crippen LogP contribution in [-0.4, -0.2) is 42.8 Å². The molecule has 1 aromatic heterocycles. The Hall–Kier alpha value is -3.78. The average molecular weight is 492 g/mol. The minimum Gasteiger partial charge on any atom is -0.497 e. The molecule has 2 N–H and O–H groups in total. The molecule has 8 heteroatoms. The van der Waals surface area contributed by atoms with Crippen molar-refractivity contribution in [1.29, 1.82) is 0 Å². The van der Waals surface area contributed by atoms with Crippen LogP contribution < -0.4 is 15.4 Å². The van der Waals surface area contributed by atoms with Crippen LogP contribution in [-0.2, 0) is 16.0 Å². The van der Waals surface area contributed by atoms with Crippen molar-refractivity contribution in [3.63, 3.8) is 0 Å². The summed E-state index contributed by atoms with van der Waals surface area (Å²) in [7, 11) is 0.710. The number of nitrogens with zero attached hydrogens (tertiary/aromatic N) is 1. The number of nitrogens with one attached hydrogen (secondary N) is 2. The van der Waals surface area contributed by atoms with Crippen molar-refractivity contribution in [2.75, 3.05) is 31.2 Å². The highest BCUT2D eigenvalue weighted by molar-refractivity contribution is 8.32. The third kappa shape index (κ3) is 5.84. The van der Waals surface area contributed by atoms with E-state index in [1.54, 1.807) is 37.4 Å². The van der Waals surface area contributed by atoms with Gasteiger partial charge in [0.15, 0.2) is 5.58 Å². The molecule has 7 nitrogen and oxygen atoms in total. The van der Waals surface area contributed by atoms with Crippen molar-refractivity contribution in [2.45, 2.75) is 17.4 Å². The maximum atomic E-state index is 13.3. The minimum atomic E-state index is -0.903. The van der Waals surface area contributed by atoms with Crippen molar-refractivity contribution < 1.29 is 18.8 Å². The first kappa shape index (κ1) is 24.3. The molecule has 3 aromatic carbocycles. The lowest BCUT2D eigenvalue weighted by Gasteiger charge is -2.26. The first-order chi connectivity index (χ1) is 16.7. The molecule has 0 saturated heterocycles. The normalized spacial score (nSPS) is 12.7. The molecule has 0 fully saturated rings. The topological polar surface area (TPSA) is 93.5 Å². The van der Waals surface area contributed by atoms with Crippen LogP contribution in [0.15, 0.2) is 82.2 Å². The molecule has 4 rings (SSSR count). The van der Waals surface area contributed by atoms with Gasteiger partial charge in [0.25, 0.3) is 5.91 Å². The standard InChI is InChI=1S/C27H29N3O4S/c1-33-20-13-9-18(10-14-20)26(27(32)28-19-11-15-21(16-12-19)35(2,3)4)29-25(31)17-23-22-7-5-6-8-24(22)34-30-23/h5-16,26H,17H2,1-4H3,(H,28,32)(H,29,31). The van der Waals surface area contributed by atoms with Crippen molar-refractivity contribution in [2.24, 2.45) is 0 Å². The monoisotopic (exact) mass is 491 g/mol. The van der Waals surface area contributed by atoms with Gasteiger partial charge in [-0.3, -0.25) is 9.59 Å². The number of hydrogen-bond donors (Lipinski definition) is 2. The van der Waals surface area contributed by atoms with Crippen LogP contribution in [0.3, 0.4) is 0 Å².